The third kappa shape index (κ3) is 3.16. The Morgan fingerprint density at radius 1 is 1.33 bits per heavy atom. The van der Waals surface area contributed by atoms with Gasteiger partial charge >= 0.3 is 0 Å². The second kappa shape index (κ2) is 7.12. The van der Waals surface area contributed by atoms with Gasteiger partial charge in [0, 0.05) is 13.0 Å². The Balaban J connectivity index is 1.54. The molecule has 0 aromatic heterocycles. The molecule has 0 aliphatic heterocycles. The highest BCUT2D eigenvalue weighted by Crippen LogP contribution is 2.62. The van der Waals surface area contributed by atoms with Crippen molar-refractivity contribution in [1.29, 1.82) is 0 Å². The maximum atomic E-state index is 12.2. The highest BCUT2D eigenvalue weighted by molar-refractivity contribution is 5.76. The summed E-state index contributed by atoms with van der Waals surface area (Å²) in [7, 11) is 0. The number of benzene rings is 1. The Morgan fingerprint density at radius 3 is 2.93 bits per heavy atom. The number of hydrogen-bond acceptors (Lipinski definition) is 3. The molecule has 27 heavy (non-hydrogen) atoms. The van der Waals surface area contributed by atoms with E-state index in [1.54, 1.807) is 0 Å². The fourth-order valence-corrected chi connectivity index (χ4v) is 6.49. The van der Waals surface area contributed by atoms with E-state index in [0.29, 0.717) is 29.9 Å². The van der Waals surface area contributed by atoms with Gasteiger partial charge in [-0.05, 0) is 90.9 Å². The van der Waals surface area contributed by atoms with Crippen LogP contribution in [0.3, 0.4) is 0 Å². The van der Waals surface area contributed by atoms with E-state index in [1.807, 2.05) is 12.1 Å². The molecule has 4 nitrogen and oxygen atoms in total. The number of carbonyl (C=O) groups is 1. The zero-order valence-corrected chi connectivity index (χ0v) is 16.6. The summed E-state index contributed by atoms with van der Waals surface area (Å²) in [6.07, 6.45) is 6.24. The number of carbonyl (C=O) groups excluding carboxylic acids is 1. The zero-order chi connectivity index (χ0) is 19.2. The molecule has 6 atom stereocenters. The molecule has 2 fully saturated rings. The maximum Gasteiger partial charge on any atom is 0.220 e. The summed E-state index contributed by atoms with van der Waals surface area (Å²) in [6, 6.07) is 5.87. The van der Waals surface area contributed by atoms with Gasteiger partial charge in [0.05, 0.1) is 6.10 Å². The van der Waals surface area contributed by atoms with Gasteiger partial charge in [-0.1, -0.05) is 19.9 Å². The van der Waals surface area contributed by atoms with Crippen molar-refractivity contribution in [3.63, 3.8) is 0 Å². The van der Waals surface area contributed by atoms with Crippen molar-refractivity contribution in [3.8, 4) is 5.75 Å². The van der Waals surface area contributed by atoms with Gasteiger partial charge in [-0.3, -0.25) is 4.79 Å². The number of hydrogen-bond donors (Lipinski definition) is 3. The van der Waals surface area contributed by atoms with Crippen LogP contribution in [0.15, 0.2) is 18.2 Å². The van der Waals surface area contributed by atoms with E-state index >= 15 is 0 Å². The predicted molar refractivity (Wildman–Crippen MR) is 106 cm³/mol. The molecule has 0 heterocycles. The Hall–Kier alpha value is -1.55. The van der Waals surface area contributed by atoms with Crippen molar-refractivity contribution in [2.75, 3.05) is 6.54 Å². The molecule has 4 rings (SSSR count). The van der Waals surface area contributed by atoms with E-state index in [4.69, 9.17) is 0 Å². The quantitative estimate of drug-likeness (QED) is 0.755. The molecule has 1 amide bonds. The average Bonchev–Trinajstić information content (AvgIpc) is 2.90. The largest absolute Gasteiger partial charge is 0.508 e. The van der Waals surface area contributed by atoms with Crippen molar-refractivity contribution >= 4 is 5.91 Å². The minimum absolute atomic E-state index is 0.0642. The summed E-state index contributed by atoms with van der Waals surface area (Å²) in [5.41, 5.74) is 2.64. The SMILES string of the molecule is CCCNC(=O)CC1CC2C3CCc4cc(O)ccc4C3CC[C@]2(C)C1O. The summed E-state index contributed by atoms with van der Waals surface area (Å²) in [5.74, 6) is 2.13. The lowest BCUT2D eigenvalue weighted by Crippen LogP contribution is -2.44. The van der Waals surface area contributed by atoms with Crippen molar-refractivity contribution < 1.29 is 15.0 Å². The van der Waals surface area contributed by atoms with E-state index in [2.05, 4.69) is 25.2 Å². The van der Waals surface area contributed by atoms with Crippen LogP contribution in [0.1, 0.15) is 69.4 Å². The van der Waals surface area contributed by atoms with Crippen LogP contribution in [-0.2, 0) is 11.2 Å². The number of phenolic OH excluding ortho intramolecular Hbond substituents is 1. The number of fused-ring (bicyclic) bond motifs is 5. The molecule has 3 aliphatic carbocycles. The number of nitrogens with one attached hydrogen (secondary N) is 1. The molecule has 148 valence electrons. The summed E-state index contributed by atoms with van der Waals surface area (Å²) >= 11 is 0. The van der Waals surface area contributed by atoms with Crippen LogP contribution in [0.25, 0.3) is 0 Å². The molecule has 3 aliphatic rings. The second-order valence-electron chi connectivity index (χ2n) is 9.34. The number of aliphatic hydroxyl groups excluding tert-OH is 1. The summed E-state index contributed by atoms with van der Waals surface area (Å²) in [5, 5.41) is 23.9. The van der Waals surface area contributed by atoms with Crippen LogP contribution < -0.4 is 5.32 Å². The monoisotopic (exact) mass is 371 g/mol. The van der Waals surface area contributed by atoms with Gasteiger partial charge < -0.3 is 15.5 Å². The van der Waals surface area contributed by atoms with E-state index in [9.17, 15) is 15.0 Å². The van der Waals surface area contributed by atoms with Crippen LogP contribution in [0.5, 0.6) is 5.75 Å². The molecular formula is C23H33NO3. The number of amides is 1. The number of phenols is 1. The van der Waals surface area contributed by atoms with Crippen molar-refractivity contribution in [2.24, 2.45) is 23.2 Å². The van der Waals surface area contributed by atoms with Crippen LogP contribution in [0.4, 0.5) is 0 Å². The molecule has 2 saturated carbocycles. The second-order valence-corrected chi connectivity index (χ2v) is 9.34. The first-order valence-electron chi connectivity index (χ1n) is 10.7. The number of aryl methyl sites for hydroxylation is 1. The number of rotatable bonds is 4. The van der Waals surface area contributed by atoms with Gasteiger partial charge in [0.1, 0.15) is 5.75 Å². The van der Waals surface area contributed by atoms with Crippen molar-refractivity contribution in [3.05, 3.63) is 29.3 Å². The first kappa shape index (κ1) is 18.8. The fraction of sp³-hybridized carbons (Fsp3) is 0.696. The lowest BCUT2D eigenvalue weighted by molar-refractivity contribution is -0.123. The van der Waals surface area contributed by atoms with Crippen LogP contribution in [0, 0.1) is 23.2 Å². The Kier molecular flexibility index (Phi) is 4.96. The van der Waals surface area contributed by atoms with Crippen molar-refractivity contribution in [2.45, 2.75) is 70.8 Å². The maximum absolute atomic E-state index is 12.2. The molecule has 3 N–H and O–H groups in total. The van der Waals surface area contributed by atoms with E-state index < -0.39 is 0 Å². The van der Waals surface area contributed by atoms with Crippen LogP contribution in [0.2, 0.25) is 0 Å². The fourth-order valence-electron chi connectivity index (χ4n) is 6.49. The standard InChI is InChI=1S/C23H33NO3/c1-3-10-24-21(26)13-15-12-20-19-6-4-14-11-16(25)5-7-17(14)18(19)8-9-23(20,2)22(15)27/h5,7,11,15,18-20,22,25,27H,3-4,6,8-10,12-13H2,1-2H3,(H,24,26)/t15?,18?,19?,20?,22?,23-/m0/s1. The van der Waals surface area contributed by atoms with E-state index in [-0.39, 0.29) is 23.3 Å². The van der Waals surface area contributed by atoms with Gasteiger partial charge in [0.15, 0.2) is 0 Å². The molecule has 4 heteroatoms. The van der Waals surface area contributed by atoms with Gasteiger partial charge in [-0.2, -0.15) is 0 Å². The molecular weight excluding hydrogens is 338 g/mol. The lowest BCUT2D eigenvalue weighted by atomic mass is 9.55. The van der Waals surface area contributed by atoms with Crippen molar-refractivity contribution in [1.82, 2.24) is 5.32 Å². The highest BCUT2D eigenvalue weighted by Gasteiger charge is 2.57. The molecule has 0 radical (unpaired) electrons. The molecule has 1 aromatic carbocycles. The first-order chi connectivity index (χ1) is 12.9. The van der Waals surface area contributed by atoms with E-state index in [1.165, 1.54) is 11.1 Å². The molecule has 0 bridgehead atoms. The predicted octanol–water partition coefficient (Wildman–Crippen LogP) is 3.75. The minimum Gasteiger partial charge on any atom is -0.508 e. The average molecular weight is 372 g/mol. The lowest BCUT2D eigenvalue weighted by Gasteiger charge is -2.50. The Labute approximate surface area is 162 Å². The summed E-state index contributed by atoms with van der Waals surface area (Å²) in [6.45, 7) is 5.03. The topological polar surface area (TPSA) is 69.6 Å². The third-order valence-corrected chi connectivity index (χ3v) is 7.85. The van der Waals surface area contributed by atoms with Gasteiger partial charge in [-0.15, -0.1) is 0 Å². The Morgan fingerprint density at radius 2 is 2.15 bits per heavy atom. The van der Waals surface area contributed by atoms with Gasteiger partial charge in [0.25, 0.3) is 0 Å². The molecule has 5 unspecified atom stereocenters. The van der Waals surface area contributed by atoms with Gasteiger partial charge in [-0.25, -0.2) is 0 Å². The smallest absolute Gasteiger partial charge is 0.220 e. The molecule has 1 aromatic rings. The Bertz CT molecular complexity index is 718. The number of aromatic hydroxyl groups is 1. The van der Waals surface area contributed by atoms with E-state index in [0.717, 1.165) is 45.1 Å². The van der Waals surface area contributed by atoms with Crippen LogP contribution in [-0.4, -0.2) is 28.8 Å². The molecule has 0 spiro atoms. The number of aliphatic hydroxyl groups is 1. The first-order valence-corrected chi connectivity index (χ1v) is 10.7. The molecule has 0 saturated heterocycles. The third-order valence-electron chi connectivity index (χ3n) is 7.85. The summed E-state index contributed by atoms with van der Waals surface area (Å²) in [4.78, 5) is 12.2. The minimum atomic E-state index is -0.378. The normalized spacial score (nSPS) is 37.2. The van der Waals surface area contributed by atoms with Crippen LogP contribution >= 0.6 is 0 Å². The zero-order valence-electron chi connectivity index (χ0n) is 16.6. The highest BCUT2D eigenvalue weighted by atomic mass is 16.3. The van der Waals surface area contributed by atoms with Gasteiger partial charge in [0.2, 0.25) is 5.91 Å². The summed E-state index contributed by atoms with van der Waals surface area (Å²) < 4.78 is 0.